The Bertz CT molecular complexity index is 829. The third-order valence-electron chi connectivity index (χ3n) is 3.34. The molecule has 0 radical (unpaired) electrons. The first-order chi connectivity index (χ1) is 11.7. The lowest BCUT2D eigenvalue weighted by Gasteiger charge is -2.24. The molecule has 0 saturated carbocycles. The average Bonchev–Trinajstić information content (AvgIpc) is 3.02. The Labute approximate surface area is 152 Å². The maximum Gasteiger partial charge on any atom is 0.293 e. The number of hydrogen-bond donors (Lipinski definition) is 1. The number of benzene rings is 1. The summed E-state index contributed by atoms with van der Waals surface area (Å²) in [5.74, 6) is -0.110. The van der Waals surface area contributed by atoms with Crippen molar-refractivity contribution in [1.82, 2.24) is 10.2 Å². The topological polar surface area (TPSA) is 92.3 Å². The van der Waals surface area contributed by atoms with E-state index < -0.39 is 10.0 Å². The van der Waals surface area contributed by atoms with Crippen LogP contribution in [0.5, 0.6) is 0 Å². The van der Waals surface area contributed by atoms with Crippen LogP contribution in [0.25, 0.3) is 0 Å². The van der Waals surface area contributed by atoms with Gasteiger partial charge in [0.2, 0.25) is 11.0 Å². The molecule has 7 nitrogen and oxygen atoms in total. The average molecular weight is 383 g/mol. The van der Waals surface area contributed by atoms with Gasteiger partial charge in [0.15, 0.2) is 0 Å². The van der Waals surface area contributed by atoms with Gasteiger partial charge in [0.25, 0.3) is 14.4 Å². The summed E-state index contributed by atoms with van der Waals surface area (Å²) in [7, 11) is -3.86. The van der Waals surface area contributed by atoms with Gasteiger partial charge >= 0.3 is 0 Å². The highest BCUT2D eigenvalue weighted by Gasteiger charge is 2.29. The SMILES string of the molecule is CCC(=O)Nc1nnc(S(=O)(=O)N(CC(C)C)c2ccc(C)cc2)s1. The summed E-state index contributed by atoms with van der Waals surface area (Å²) in [6.07, 6.45) is 0.282. The van der Waals surface area contributed by atoms with Gasteiger partial charge in [-0.25, -0.2) is 0 Å². The normalized spacial score (nSPS) is 11.6. The zero-order valence-electron chi connectivity index (χ0n) is 14.7. The molecule has 2 rings (SSSR count). The summed E-state index contributed by atoms with van der Waals surface area (Å²) in [6.45, 7) is 7.86. The number of nitrogens with one attached hydrogen (secondary N) is 1. The molecule has 2 aromatic rings. The van der Waals surface area contributed by atoms with E-state index >= 15 is 0 Å². The van der Waals surface area contributed by atoms with Gasteiger partial charge in [-0.3, -0.25) is 9.10 Å². The molecule has 0 aliphatic heterocycles. The molecule has 0 aliphatic carbocycles. The van der Waals surface area contributed by atoms with Crippen molar-refractivity contribution in [3.63, 3.8) is 0 Å². The van der Waals surface area contributed by atoms with Crippen molar-refractivity contribution in [2.24, 2.45) is 5.92 Å². The largest absolute Gasteiger partial charge is 0.301 e. The van der Waals surface area contributed by atoms with Crippen molar-refractivity contribution in [1.29, 1.82) is 0 Å². The number of hydrogen-bond acceptors (Lipinski definition) is 6. The molecule has 0 atom stereocenters. The van der Waals surface area contributed by atoms with Crippen LogP contribution in [0.2, 0.25) is 0 Å². The van der Waals surface area contributed by atoms with E-state index in [1.54, 1.807) is 19.1 Å². The minimum atomic E-state index is -3.86. The van der Waals surface area contributed by atoms with Crippen molar-refractivity contribution in [3.8, 4) is 0 Å². The maximum atomic E-state index is 13.0. The van der Waals surface area contributed by atoms with Crippen LogP contribution in [0.3, 0.4) is 0 Å². The number of rotatable bonds is 7. The molecule has 0 spiro atoms. The van der Waals surface area contributed by atoms with Gasteiger partial charge in [-0.05, 0) is 25.0 Å². The summed E-state index contributed by atoms with van der Waals surface area (Å²) in [4.78, 5) is 11.4. The van der Waals surface area contributed by atoms with Gasteiger partial charge in [-0.1, -0.05) is 49.8 Å². The maximum absolute atomic E-state index is 13.0. The number of carbonyl (C=O) groups is 1. The number of aromatic nitrogens is 2. The number of nitrogens with zero attached hydrogens (tertiary/aromatic N) is 3. The van der Waals surface area contributed by atoms with Crippen LogP contribution >= 0.6 is 11.3 Å². The van der Waals surface area contributed by atoms with Crippen LogP contribution in [0.1, 0.15) is 32.8 Å². The molecule has 1 N–H and O–H groups in total. The zero-order valence-corrected chi connectivity index (χ0v) is 16.3. The molecule has 1 aromatic heterocycles. The lowest BCUT2D eigenvalue weighted by atomic mass is 10.2. The molecule has 0 fully saturated rings. The lowest BCUT2D eigenvalue weighted by molar-refractivity contribution is -0.115. The van der Waals surface area contributed by atoms with Crippen molar-refractivity contribution in [2.45, 2.75) is 38.5 Å². The number of carbonyl (C=O) groups excluding carboxylic acids is 1. The predicted octanol–water partition coefficient (Wildman–Crippen LogP) is 3.05. The quantitative estimate of drug-likeness (QED) is 0.743. The Balaban J connectivity index is 2.38. The summed E-state index contributed by atoms with van der Waals surface area (Å²) in [6, 6.07) is 7.28. The van der Waals surface area contributed by atoms with Crippen molar-refractivity contribution >= 4 is 38.1 Å². The van der Waals surface area contributed by atoms with E-state index in [4.69, 9.17) is 0 Å². The van der Waals surface area contributed by atoms with Gasteiger partial charge in [0, 0.05) is 13.0 Å². The molecule has 9 heteroatoms. The molecule has 1 amide bonds. The first kappa shape index (κ1) is 19.3. The number of aryl methyl sites for hydroxylation is 1. The Morgan fingerprint density at radius 3 is 2.44 bits per heavy atom. The molecule has 0 unspecified atom stereocenters. The minimum absolute atomic E-state index is 0.128. The van der Waals surface area contributed by atoms with Crippen LogP contribution < -0.4 is 9.62 Å². The standard InChI is InChI=1S/C16H22N4O3S2/c1-5-14(21)17-15-18-19-16(24-15)25(22,23)20(10-11(2)3)13-8-6-12(4)7-9-13/h6-9,11H,5,10H2,1-4H3,(H,17,18,21). The summed E-state index contributed by atoms with van der Waals surface area (Å²) < 4.78 is 27.3. The molecular weight excluding hydrogens is 360 g/mol. The monoisotopic (exact) mass is 382 g/mol. The molecule has 25 heavy (non-hydrogen) atoms. The van der Waals surface area contributed by atoms with Crippen LogP contribution in [0, 0.1) is 12.8 Å². The number of sulfonamides is 1. The molecule has 0 bridgehead atoms. The highest BCUT2D eigenvalue weighted by Crippen LogP contribution is 2.28. The fraction of sp³-hybridized carbons (Fsp3) is 0.438. The van der Waals surface area contributed by atoms with E-state index in [9.17, 15) is 13.2 Å². The minimum Gasteiger partial charge on any atom is -0.301 e. The molecule has 1 heterocycles. The molecule has 0 saturated heterocycles. The third kappa shape index (κ3) is 4.76. The first-order valence-electron chi connectivity index (χ1n) is 7.96. The fourth-order valence-electron chi connectivity index (χ4n) is 2.05. The second-order valence-electron chi connectivity index (χ2n) is 6.04. The van der Waals surface area contributed by atoms with Gasteiger partial charge in [-0.15, -0.1) is 10.2 Å². The lowest BCUT2D eigenvalue weighted by Crippen LogP contribution is -2.34. The number of anilines is 2. The van der Waals surface area contributed by atoms with Gasteiger partial charge < -0.3 is 5.32 Å². The third-order valence-corrected chi connectivity index (χ3v) is 6.32. The van der Waals surface area contributed by atoms with Gasteiger partial charge in [0.1, 0.15) is 0 Å². The Morgan fingerprint density at radius 2 is 1.88 bits per heavy atom. The Morgan fingerprint density at radius 1 is 1.24 bits per heavy atom. The second kappa shape index (κ2) is 7.92. The Hall–Kier alpha value is -2.00. The van der Waals surface area contributed by atoms with Crippen LogP contribution in [-0.2, 0) is 14.8 Å². The van der Waals surface area contributed by atoms with Crippen molar-refractivity contribution in [3.05, 3.63) is 29.8 Å². The van der Waals surface area contributed by atoms with E-state index in [0.29, 0.717) is 12.2 Å². The van der Waals surface area contributed by atoms with Crippen LogP contribution in [0.4, 0.5) is 10.8 Å². The molecular formula is C16H22N4O3S2. The first-order valence-corrected chi connectivity index (χ1v) is 10.2. The smallest absolute Gasteiger partial charge is 0.293 e. The number of amides is 1. The fourth-order valence-corrected chi connectivity index (χ4v) is 4.70. The Kier molecular flexibility index (Phi) is 6.12. The summed E-state index contributed by atoms with van der Waals surface area (Å²) in [5.41, 5.74) is 1.62. The molecule has 136 valence electrons. The molecule has 1 aromatic carbocycles. The highest BCUT2D eigenvalue weighted by atomic mass is 32.2. The molecule has 0 aliphatic rings. The van der Waals surface area contributed by atoms with E-state index in [1.807, 2.05) is 32.9 Å². The van der Waals surface area contributed by atoms with E-state index in [1.165, 1.54) is 4.31 Å². The highest BCUT2D eigenvalue weighted by molar-refractivity contribution is 7.94. The summed E-state index contributed by atoms with van der Waals surface area (Å²) in [5, 5.41) is 10.3. The second-order valence-corrected chi connectivity index (χ2v) is 9.05. The van der Waals surface area contributed by atoms with E-state index in [2.05, 4.69) is 15.5 Å². The predicted molar refractivity (Wildman–Crippen MR) is 99.4 cm³/mol. The van der Waals surface area contributed by atoms with Crippen LogP contribution in [-0.4, -0.2) is 31.1 Å². The van der Waals surface area contributed by atoms with Crippen LogP contribution in [0.15, 0.2) is 28.6 Å². The van der Waals surface area contributed by atoms with E-state index in [0.717, 1.165) is 16.9 Å². The van der Waals surface area contributed by atoms with Gasteiger partial charge in [-0.2, -0.15) is 8.42 Å². The van der Waals surface area contributed by atoms with Crippen molar-refractivity contribution in [2.75, 3.05) is 16.2 Å². The van der Waals surface area contributed by atoms with E-state index in [-0.39, 0.29) is 27.7 Å². The summed E-state index contributed by atoms with van der Waals surface area (Å²) >= 11 is 0.853. The van der Waals surface area contributed by atoms with Gasteiger partial charge in [0.05, 0.1) is 5.69 Å². The van der Waals surface area contributed by atoms with Crippen molar-refractivity contribution < 1.29 is 13.2 Å². The zero-order chi connectivity index (χ0) is 18.6.